The van der Waals surface area contributed by atoms with Crippen LogP contribution < -0.4 is 10.3 Å². The van der Waals surface area contributed by atoms with Gasteiger partial charge in [0, 0.05) is 18.0 Å². The van der Waals surface area contributed by atoms with Crippen molar-refractivity contribution in [3.63, 3.8) is 0 Å². The minimum atomic E-state index is -3.73. The summed E-state index contributed by atoms with van der Waals surface area (Å²) in [6.07, 6.45) is 1.14. The van der Waals surface area contributed by atoms with Crippen molar-refractivity contribution < 1.29 is 8.42 Å². The molecule has 0 aliphatic heterocycles. The van der Waals surface area contributed by atoms with Crippen LogP contribution in [0.3, 0.4) is 0 Å². The van der Waals surface area contributed by atoms with Crippen LogP contribution in [0.15, 0.2) is 46.2 Å². The van der Waals surface area contributed by atoms with Crippen LogP contribution in [0.4, 0.5) is 5.82 Å². The average Bonchev–Trinajstić information content (AvgIpc) is 2.29. The summed E-state index contributed by atoms with van der Waals surface area (Å²) in [6, 6.07) is 7.40. The number of H-pyrrole nitrogens is 1. The number of hydrogen-bond acceptors (Lipinski definition) is 4. The molecule has 0 saturated heterocycles. The van der Waals surface area contributed by atoms with Gasteiger partial charge in [0.25, 0.3) is 10.0 Å². The zero-order chi connectivity index (χ0) is 13.2. The van der Waals surface area contributed by atoms with E-state index in [1.807, 2.05) is 0 Å². The summed E-state index contributed by atoms with van der Waals surface area (Å²) >= 11 is 0. The first-order chi connectivity index (χ1) is 8.47. The summed E-state index contributed by atoms with van der Waals surface area (Å²) in [4.78, 5) is 17.2. The van der Waals surface area contributed by atoms with E-state index in [2.05, 4.69) is 14.7 Å². The number of nitrogens with zero attached hydrogens (tertiary/aromatic N) is 1. The van der Waals surface area contributed by atoms with Gasteiger partial charge in [0.05, 0.1) is 0 Å². The molecular formula is C11H11N3O3S. The highest BCUT2D eigenvalue weighted by Crippen LogP contribution is 2.12. The highest BCUT2D eigenvalue weighted by atomic mass is 32.2. The van der Waals surface area contributed by atoms with Crippen molar-refractivity contribution in [2.75, 3.05) is 4.72 Å². The van der Waals surface area contributed by atoms with Gasteiger partial charge in [-0.05, 0) is 25.1 Å². The first-order valence-corrected chi connectivity index (χ1v) is 6.61. The number of aromatic nitrogens is 2. The summed E-state index contributed by atoms with van der Waals surface area (Å²) in [5.41, 5.74) is 0.347. The van der Waals surface area contributed by atoms with Gasteiger partial charge in [0.2, 0.25) is 5.56 Å². The van der Waals surface area contributed by atoms with E-state index in [1.54, 1.807) is 25.1 Å². The number of aryl methyl sites for hydroxylation is 1. The Kier molecular flexibility index (Phi) is 3.15. The van der Waals surface area contributed by atoms with Crippen molar-refractivity contribution in [1.82, 2.24) is 9.97 Å². The minimum Gasteiger partial charge on any atom is -0.328 e. The largest absolute Gasteiger partial charge is 0.328 e. The second-order valence-electron chi connectivity index (χ2n) is 3.66. The van der Waals surface area contributed by atoms with Crippen LogP contribution in [0, 0.1) is 6.92 Å². The summed E-state index contributed by atoms with van der Waals surface area (Å²) in [7, 11) is -3.73. The molecule has 0 aromatic carbocycles. The molecule has 0 bridgehead atoms. The number of sulfonamides is 1. The molecule has 0 atom stereocenters. The molecule has 0 fully saturated rings. The number of anilines is 1. The standard InChI is InChI=1S/C11H11N3O3S/c1-8-3-2-4-10(13-8)14-18(16,17)9-5-6-11(15)12-7-9/h2-7H,1H3,(H,12,15)(H,13,14). The number of hydrogen-bond donors (Lipinski definition) is 2. The van der Waals surface area contributed by atoms with Crippen LogP contribution in [0.5, 0.6) is 0 Å². The SMILES string of the molecule is Cc1cccc(NS(=O)(=O)c2ccc(=O)[nH]c2)n1. The smallest absolute Gasteiger partial charge is 0.264 e. The molecule has 2 aromatic rings. The molecular weight excluding hydrogens is 254 g/mol. The van der Waals surface area contributed by atoms with Crippen LogP contribution in [-0.2, 0) is 10.0 Å². The fraction of sp³-hybridized carbons (Fsp3) is 0.0909. The molecule has 0 unspecified atom stereocenters. The number of rotatable bonds is 3. The number of pyridine rings is 2. The fourth-order valence-electron chi connectivity index (χ4n) is 1.36. The molecule has 2 aromatic heterocycles. The molecule has 2 N–H and O–H groups in total. The van der Waals surface area contributed by atoms with Crippen molar-refractivity contribution in [2.45, 2.75) is 11.8 Å². The van der Waals surface area contributed by atoms with E-state index in [4.69, 9.17) is 0 Å². The molecule has 6 nitrogen and oxygen atoms in total. The van der Waals surface area contributed by atoms with Gasteiger partial charge in [-0.1, -0.05) is 6.07 Å². The molecule has 2 rings (SSSR count). The molecule has 2 heterocycles. The van der Waals surface area contributed by atoms with Gasteiger partial charge in [-0.3, -0.25) is 9.52 Å². The van der Waals surface area contributed by atoms with Gasteiger partial charge >= 0.3 is 0 Å². The summed E-state index contributed by atoms with van der Waals surface area (Å²) in [6.45, 7) is 1.76. The Morgan fingerprint density at radius 3 is 2.61 bits per heavy atom. The molecule has 0 aliphatic rings. The molecule has 0 spiro atoms. The zero-order valence-electron chi connectivity index (χ0n) is 9.54. The molecule has 0 radical (unpaired) electrons. The van der Waals surface area contributed by atoms with E-state index in [0.717, 1.165) is 12.3 Å². The van der Waals surface area contributed by atoms with Gasteiger partial charge in [0.15, 0.2) is 0 Å². The summed E-state index contributed by atoms with van der Waals surface area (Å²) in [5, 5.41) is 0. The molecule has 94 valence electrons. The molecule has 7 heteroatoms. The third kappa shape index (κ3) is 2.75. The van der Waals surface area contributed by atoms with Crippen molar-refractivity contribution in [3.8, 4) is 0 Å². The Balaban J connectivity index is 2.33. The maximum Gasteiger partial charge on any atom is 0.264 e. The van der Waals surface area contributed by atoms with Crippen molar-refractivity contribution in [2.24, 2.45) is 0 Å². The summed E-state index contributed by atoms with van der Waals surface area (Å²) in [5.74, 6) is 0.237. The van der Waals surface area contributed by atoms with Crippen LogP contribution in [-0.4, -0.2) is 18.4 Å². The van der Waals surface area contributed by atoms with Gasteiger partial charge in [0.1, 0.15) is 10.7 Å². The Hall–Kier alpha value is -2.15. The second-order valence-corrected chi connectivity index (χ2v) is 5.34. The van der Waals surface area contributed by atoms with E-state index < -0.39 is 10.0 Å². The van der Waals surface area contributed by atoms with Gasteiger partial charge in [-0.15, -0.1) is 0 Å². The molecule has 0 amide bonds. The lowest BCUT2D eigenvalue weighted by molar-refractivity contribution is 0.600. The van der Waals surface area contributed by atoms with Crippen LogP contribution >= 0.6 is 0 Å². The van der Waals surface area contributed by atoms with Crippen LogP contribution in [0.1, 0.15) is 5.69 Å². The third-order valence-electron chi connectivity index (χ3n) is 2.19. The van der Waals surface area contributed by atoms with Crippen molar-refractivity contribution in [3.05, 3.63) is 52.6 Å². The lowest BCUT2D eigenvalue weighted by Crippen LogP contribution is -2.16. The predicted molar refractivity (Wildman–Crippen MR) is 66.8 cm³/mol. The first-order valence-electron chi connectivity index (χ1n) is 5.12. The van der Waals surface area contributed by atoms with Crippen LogP contribution in [0.25, 0.3) is 0 Å². The lowest BCUT2D eigenvalue weighted by Gasteiger charge is -2.07. The lowest BCUT2D eigenvalue weighted by atomic mass is 10.4. The predicted octanol–water partition coefficient (Wildman–Crippen LogP) is 0.879. The highest BCUT2D eigenvalue weighted by molar-refractivity contribution is 7.92. The summed E-state index contributed by atoms with van der Waals surface area (Å²) < 4.78 is 26.2. The van der Waals surface area contributed by atoms with E-state index in [9.17, 15) is 13.2 Å². The van der Waals surface area contributed by atoms with E-state index in [-0.39, 0.29) is 16.3 Å². The van der Waals surface area contributed by atoms with Gasteiger partial charge in [-0.25, -0.2) is 13.4 Å². The van der Waals surface area contributed by atoms with Gasteiger partial charge < -0.3 is 4.98 Å². The number of nitrogens with one attached hydrogen (secondary N) is 2. The maximum absolute atomic E-state index is 12.0. The topological polar surface area (TPSA) is 91.9 Å². The first kappa shape index (κ1) is 12.3. The fourth-order valence-corrected chi connectivity index (χ4v) is 2.33. The monoisotopic (exact) mass is 265 g/mol. The van der Waals surface area contributed by atoms with E-state index in [0.29, 0.717) is 5.69 Å². The van der Waals surface area contributed by atoms with E-state index >= 15 is 0 Å². The van der Waals surface area contributed by atoms with Crippen LogP contribution in [0.2, 0.25) is 0 Å². The molecule has 0 saturated carbocycles. The molecule has 18 heavy (non-hydrogen) atoms. The minimum absolute atomic E-state index is 0.0228. The highest BCUT2D eigenvalue weighted by Gasteiger charge is 2.14. The zero-order valence-corrected chi connectivity index (χ0v) is 10.4. The van der Waals surface area contributed by atoms with Crippen molar-refractivity contribution in [1.29, 1.82) is 0 Å². The quantitative estimate of drug-likeness (QED) is 0.861. The maximum atomic E-state index is 12.0. The third-order valence-corrected chi connectivity index (χ3v) is 3.55. The average molecular weight is 265 g/mol. The second kappa shape index (κ2) is 4.61. The van der Waals surface area contributed by atoms with Gasteiger partial charge in [-0.2, -0.15) is 0 Å². The molecule has 0 aliphatic carbocycles. The van der Waals surface area contributed by atoms with E-state index in [1.165, 1.54) is 6.07 Å². The normalized spacial score (nSPS) is 11.2. The number of aromatic amines is 1. The Labute approximate surface area is 104 Å². The van der Waals surface area contributed by atoms with Crippen molar-refractivity contribution >= 4 is 15.8 Å². The Morgan fingerprint density at radius 1 is 1.22 bits per heavy atom. The Bertz CT molecular complexity index is 702. The Morgan fingerprint density at radius 2 is 2.00 bits per heavy atom.